The molecule has 1 N–H and O–H groups in total. The number of hydrogen-bond donors (Lipinski definition) is 1. The summed E-state index contributed by atoms with van der Waals surface area (Å²) >= 11 is 12.5. The summed E-state index contributed by atoms with van der Waals surface area (Å²) in [6, 6.07) is 13.2. The molecule has 0 spiro atoms. The fraction of sp³-hybridized carbons (Fsp3) is 0.115. The van der Waals surface area contributed by atoms with Crippen LogP contribution in [0.15, 0.2) is 65.3 Å². The minimum atomic E-state index is -0.505. The summed E-state index contributed by atoms with van der Waals surface area (Å²) in [5, 5.41) is 4.41. The standard InChI is InChI=1S/C26H20Cl2FNO3/c1-14(10-24(31)30-23-7-5-4-6-22(23)29)18-12-19-20(17-9-8-16(27)11-21(17)28)13-33-26(19)15(2)25(18)32-3/h4-13H,1-3H3,(H,30,31)/b14-10+. The molecule has 7 heteroatoms. The molecule has 4 rings (SSSR count). The zero-order valence-corrected chi connectivity index (χ0v) is 19.6. The van der Waals surface area contributed by atoms with Crippen LogP contribution in [0.3, 0.4) is 0 Å². The molecular weight excluding hydrogens is 464 g/mol. The minimum absolute atomic E-state index is 0.111. The third-order valence-corrected chi connectivity index (χ3v) is 5.92. The average molecular weight is 484 g/mol. The van der Waals surface area contributed by atoms with Crippen molar-refractivity contribution < 1.29 is 18.3 Å². The molecule has 4 aromatic rings. The maximum atomic E-state index is 13.9. The zero-order valence-electron chi connectivity index (χ0n) is 18.1. The van der Waals surface area contributed by atoms with Gasteiger partial charge in [0.25, 0.3) is 0 Å². The summed E-state index contributed by atoms with van der Waals surface area (Å²) in [6.45, 7) is 3.67. The quantitative estimate of drug-likeness (QED) is 0.293. The number of rotatable bonds is 5. The molecule has 0 aliphatic rings. The monoisotopic (exact) mass is 483 g/mol. The molecule has 0 aliphatic carbocycles. The summed E-state index contributed by atoms with van der Waals surface area (Å²) in [5.74, 6) is -0.377. The van der Waals surface area contributed by atoms with Crippen molar-refractivity contribution in [1.29, 1.82) is 0 Å². The lowest BCUT2D eigenvalue weighted by Crippen LogP contribution is -2.10. The van der Waals surface area contributed by atoms with Crippen LogP contribution in [0, 0.1) is 12.7 Å². The highest BCUT2D eigenvalue weighted by Gasteiger charge is 2.20. The number of hydrogen-bond acceptors (Lipinski definition) is 3. The van der Waals surface area contributed by atoms with Crippen molar-refractivity contribution in [2.45, 2.75) is 13.8 Å². The SMILES string of the molecule is COc1c(/C(C)=C/C(=O)Nc2ccccc2F)cc2c(-c3ccc(Cl)cc3Cl)coc2c1C. The fourth-order valence-electron chi connectivity index (χ4n) is 3.79. The number of nitrogens with one attached hydrogen (secondary N) is 1. The Morgan fingerprint density at radius 1 is 1.12 bits per heavy atom. The van der Waals surface area contributed by atoms with E-state index in [-0.39, 0.29) is 5.69 Å². The second-order valence-corrected chi connectivity index (χ2v) is 8.37. The summed E-state index contributed by atoms with van der Waals surface area (Å²) < 4.78 is 25.4. The van der Waals surface area contributed by atoms with E-state index < -0.39 is 11.7 Å². The lowest BCUT2D eigenvalue weighted by atomic mass is 9.96. The number of fused-ring (bicyclic) bond motifs is 1. The van der Waals surface area contributed by atoms with Crippen LogP contribution < -0.4 is 10.1 Å². The third kappa shape index (κ3) is 4.47. The van der Waals surface area contributed by atoms with Crippen molar-refractivity contribution in [2.24, 2.45) is 0 Å². The average Bonchev–Trinajstić information content (AvgIpc) is 3.19. The Labute approximate surface area is 200 Å². The number of aryl methyl sites for hydroxylation is 1. The van der Waals surface area contributed by atoms with Crippen molar-refractivity contribution in [3.8, 4) is 16.9 Å². The number of furan rings is 1. The molecule has 1 amide bonds. The molecular formula is C26H20Cl2FNO3. The largest absolute Gasteiger partial charge is 0.496 e. The minimum Gasteiger partial charge on any atom is -0.496 e. The molecule has 0 saturated carbocycles. The van der Waals surface area contributed by atoms with E-state index in [0.717, 1.165) is 22.1 Å². The number of methoxy groups -OCH3 is 1. The number of ether oxygens (including phenoxy) is 1. The Morgan fingerprint density at radius 3 is 2.58 bits per heavy atom. The number of carbonyl (C=O) groups is 1. The summed E-state index contributed by atoms with van der Waals surface area (Å²) in [4.78, 5) is 12.6. The van der Waals surface area contributed by atoms with Gasteiger partial charge in [0, 0.05) is 38.7 Å². The molecule has 0 radical (unpaired) electrons. The van der Waals surface area contributed by atoms with E-state index in [1.165, 1.54) is 18.2 Å². The topological polar surface area (TPSA) is 51.5 Å². The highest BCUT2D eigenvalue weighted by molar-refractivity contribution is 6.36. The normalized spacial score (nSPS) is 11.6. The highest BCUT2D eigenvalue weighted by atomic mass is 35.5. The van der Waals surface area contributed by atoms with Gasteiger partial charge in [-0.15, -0.1) is 0 Å². The molecule has 1 heterocycles. The van der Waals surface area contributed by atoms with Crippen LogP contribution in [0.2, 0.25) is 10.0 Å². The maximum Gasteiger partial charge on any atom is 0.248 e. The fourth-order valence-corrected chi connectivity index (χ4v) is 4.30. The molecule has 1 aromatic heterocycles. The van der Waals surface area contributed by atoms with E-state index in [2.05, 4.69) is 5.32 Å². The molecule has 4 nitrogen and oxygen atoms in total. The van der Waals surface area contributed by atoms with Crippen LogP contribution in [0.5, 0.6) is 5.75 Å². The lowest BCUT2D eigenvalue weighted by molar-refractivity contribution is -0.111. The van der Waals surface area contributed by atoms with Crippen molar-refractivity contribution in [3.63, 3.8) is 0 Å². The van der Waals surface area contributed by atoms with Crippen molar-refractivity contribution in [2.75, 3.05) is 12.4 Å². The molecule has 168 valence electrons. The van der Waals surface area contributed by atoms with Gasteiger partial charge in [0.05, 0.1) is 24.1 Å². The van der Waals surface area contributed by atoms with Crippen LogP contribution in [0.1, 0.15) is 18.1 Å². The maximum absolute atomic E-state index is 13.9. The highest BCUT2D eigenvalue weighted by Crippen LogP contribution is 2.42. The van der Waals surface area contributed by atoms with E-state index in [9.17, 15) is 9.18 Å². The first kappa shape index (κ1) is 22.9. The molecule has 0 fully saturated rings. The van der Waals surface area contributed by atoms with Gasteiger partial charge in [-0.25, -0.2) is 4.39 Å². The Morgan fingerprint density at radius 2 is 1.88 bits per heavy atom. The zero-order chi connectivity index (χ0) is 23.7. The molecule has 0 bridgehead atoms. The van der Waals surface area contributed by atoms with E-state index >= 15 is 0 Å². The smallest absolute Gasteiger partial charge is 0.248 e. The number of halogens is 3. The molecule has 0 saturated heterocycles. The second-order valence-electron chi connectivity index (χ2n) is 7.53. The van der Waals surface area contributed by atoms with Crippen molar-refractivity contribution in [1.82, 2.24) is 0 Å². The van der Waals surface area contributed by atoms with Gasteiger partial charge in [0.15, 0.2) is 0 Å². The Balaban J connectivity index is 1.80. The predicted molar refractivity (Wildman–Crippen MR) is 132 cm³/mol. The third-order valence-electron chi connectivity index (χ3n) is 5.37. The predicted octanol–water partition coefficient (Wildman–Crippen LogP) is 7.90. The lowest BCUT2D eigenvalue weighted by Gasteiger charge is -2.13. The van der Waals surface area contributed by atoms with Crippen LogP contribution in [-0.4, -0.2) is 13.0 Å². The van der Waals surface area contributed by atoms with Gasteiger partial charge >= 0.3 is 0 Å². The number of benzene rings is 3. The Bertz CT molecular complexity index is 1410. The van der Waals surface area contributed by atoms with Gasteiger partial charge in [0.2, 0.25) is 5.91 Å². The van der Waals surface area contributed by atoms with Crippen LogP contribution in [-0.2, 0) is 4.79 Å². The Kier molecular flexibility index (Phi) is 6.45. The van der Waals surface area contributed by atoms with Crippen molar-refractivity contribution >= 4 is 51.3 Å². The van der Waals surface area contributed by atoms with Crippen LogP contribution in [0.25, 0.3) is 27.7 Å². The number of allylic oxidation sites excluding steroid dienone is 1. The molecule has 0 atom stereocenters. The second kappa shape index (κ2) is 9.30. The van der Waals surface area contributed by atoms with Gasteiger partial charge in [0.1, 0.15) is 17.1 Å². The summed E-state index contributed by atoms with van der Waals surface area (Å²) in [7, 11) is 1.56. The number of carbonyl (C=O) groups excluding carboxylic acids is 1. The number of amides is 1. The number of para-hydroxylation sites is 1. The van der Waals surface area contributed by atoms with Gasteiger partial charge in [-0.2, -0.15) is 0 Å². The first-order valence-electron chi connectivity index (χ1n) is 10.1. The number of anilines is 1. The van der Waals surface area contributed by atoms with Crippen LogP contribution in [0.4, 0.5) is 10.1 Å². The van der Waals surface area contributed by atoms with Gasteiger partial charge in [-0.05, 0) is 49.8 Å². The van der Waals surface area contributed by atoms with E-state index in [1.54, 1.807) is 44.6 Å². The Hall–Kier alpha value is -3.28. The van der Waals surface area contributed by atoms with Crippen molar-refractivity contribution in [3.05, 3.63) is 87.9 Å². The summed E-state index contributed by atoms with van der Waals surface area (Å²) in [6.07, 6.45) is 3.05. The molecule has 0 unspecified atom stereocenters. The van der Waals surface area contributed by atoms with Gasteiger partial charge in [-0.3, -0.25) is 4.79 Å². The van der Waals surface area contributed by atoms with Gasteiger partial charge < -0.3 is 14.5 Å². The van der Waals surface area contributed by atoms with Crippen LogP contribution >= 0.6 is 23.2 Å². The molecule has 0 aliphatic heterocycles. The van der Waals surface area contributed by atoms with E-state index in [0.29, 0.717) is 32.5 Å². The van der Waals surface area contributed by atoms with E-state index in [4.69, 9.17) is 32.4 Å². The van der Waals surface area contributed by atoms with Gasteiger partial charge in [-0.1, -0.05) is 41.4 Å². The first-order chi connectivity index (χ1) is 15.8. The van der Waals surface area contributed by atoms with E-state index in [1.807, 2.05) is 19.1 Å². The first-order valence-corrected chi connectivity index (χ1v) is 10.8. The summed E-state index contributed by atoms with van der Waals surface area (Å²) in [5.41, 5.74) is 4.46. The molecule has 33 heavy (non-hydrogen) atoms. The molecule has 3 aromatic carbocycles.